The number of nitrogens with two attached hydrogens (primary N) is 1. The van der Waals surface area contributed by atoms with Crippen LogP contribution in [0.1, 0.15) is 50.8 Å². The molecule has 16 heavy (non-hydrogen) atoms. The van der Waals surface area contributed by atoms with Crippen molar-refractivity contribution in [2.24, 2.45) is 5.92 Å². The first-order valence-electron chi connectivity index (χ1n) is 6.09. The zero-order valence-electron chi connectivity index (χ0n) is 10.0. The molecule has 2 rings (SSSR count). The summed E-state index contributed by atoms with van der Waals surface area (Å²) in [6.07, 6.45) is 6.20. The van der Waals surface area contributed by atoms with Gasteiger partial charge < -0.3 is 5.73 Å². The summed E-state index contributed by atoms with van der Waals surface area (Å²) < 4.78 is 1.94. The van der Waals surface area contributed by atoms with E-state index in [0.29, 0.717) is 16.9 Å². The Bertz CT molecular complexity index is 373. The summed E-state index contributed by atoms with van der Waals surface area (Å²) in [4.78, 5) is 0. The van der Waals surface area contributed by atoms with Crippen LogP contribution in [0.15, 0.2) is 0 Å². The van der Waals surface area contributed by atoms with Crippen LogP contribution >= 0.6 is 11.6 Å². The van der Waals surface area contributed by atoms with Gasteiger partial charge in [-0.3, -0.25) is 0 Å². The molecule has 0 amide bonds. The Morgan fingerprint density at radius 1 is 1.31 bits per heavy atom. The lowest BCUT2D eigenvalue weighted by molar-refractivity contribution is 0.402. The van der Waals surface area contributed by atoms with Crippen molar-refractivity contribution in [2.75, 3.05) is 5.73 Å². The number of hydrogen-bond acceptors (Lipinski definition) is 2. The molecule has 1 aliphatic rings. The smallest absolute Gasteiger partial charge is 0.141 e. The lowest BCUT2D eigenvalue weighted by Gasteiger charge is -2.16. The normalized spacial score (nSPS) is 26.7. The third-order valence-corrected chi connectivity index (χ3v) is 4.09. The van der Waals surface area contributed by atoms with E-state index in [1.165, 1.54) is 32.1 Å². The lowest BCUT2D eigenvalue weighted by Crippen LogP contribution is -2.12. The van der Waals surface area contributed by atoms with Crippen molar-refractivity contribution < 1.29 is 0 Å². The SMILES string of the molecule is Cc1nn(C2CCCC(C)CC2)c(N)c1Cl. The Hall–Kier alpha value is -0.700. The Labute approximate surface area is 102 Å². The first-order chi connectivity index (χ1) is 7.59. The minimum atomic E-state index is 0.441. The molecule has 1 aliphatic carbocycles. The van der Waals surface area contributed by atoms with Crippen LogP contribution in [0.3, 0.4) is 0 Å². The molecule has 2 unspecified atom stereocenters. The van der Waals surface area contributed by atoms with Crippen LogP contribution in [0, 0.1) is 12.8 Å². The highest BCUT2D eigenvalue weighted by Crippen LogP contribution is 2.34. The maximum atomic E-state index is 6.08. The predicted octanol–water partition coefficient (Wildman–Crippen LogP) is 3.57. The molecule has 0 saturated heterocycles. The zero-order valence-corrected chi connectivity index (χ0v) is 10.8. The summed E-state index contributed by atoms with van der Waals surface area (Å²) in [5, 5.41) is 5.08. The van der Waals surface area contributed by atoms with Crippen LogP contribution in [0.5, 0.6) is 0 Å². The van der Waals surface area contributed by atoms with Gasteiger partial charge in [0.15, 0.2) is 0 Å². The highest BCUT2D eigenvalue weighted by molar-refractivity contribution is 6.33. The third-order valence-electron chi connectivity index (χ3n) is 3.62. The Kier molecular flexibility index (Phi) is 3.43. The average Bonchev–Trinajstić information content (AvgIpc) is 2.47. The summed E-state index contributed by atoms with van der Waals surface area (Å²) >= 11 is 6.08. The molecular weight excluding hydrogens is 222 g/mol. The molecule has 2 N–H and O–H groups in total. The second-order valence-electron chi connectivity index (χ2n) is 5.00. The lowest BCUT2D eigenvalue weighted by atomic mass is 10.0. The van der Waals surface area contributed by atoms with Crippen LogP contribution in [-0.2, 0) is 0 Å². The van der Waals surface area contributed by atoms with Gasteiger partial charge in [-0.25, -0.2) is 4.68 Å². The van der Waals surface area contributed by atoms with Crippen LogP contribution in [0.4, 0.5) is 5.82 Å². The number of nitrogen functional groups attached to an aromatic ring is 1. The van der Waals surface area contributed by atoms with Crippen molar-refractivity contribution in [1.82, 2.24) is 9.78 Å². The first kappa shape index (κ1) is 11.8. The van der Waals surface area contributed by atoms with Gasteiger partial charge in [-0.15, -0.1) is 0 Å². The molecule has 4 heteroatoms. The molecule has 1 aromatic heterocycles. The first-order valence-corrected chi connectivity index (χ1v) is 6.47. The fourth-order valence-electron chi connectivity index (χ4n) is 2.54. The van der Waals surface area contributed by atoms with E-state index in [2.05, 4.69) is 12.0 Å². The Morgan fingerprint density at radius 2 is 2.06 bits per heavy atom. The van der Waals surface area contributed by atoms with Crippen molar-refractivity contribution in [2.45, 2.75) is 52.0 Å². The molecule has 2 atom stereocenters. The second-order valence-corrected chi connectivity index (χ2v) is 5.37. The van der Waals surface area contributed by atoms with Gasteiger partial charge in [0, 0.05) is 0 Å². The van der Waals surface area contributed by atoms with Gasteiger partial charge in [0.1, 0.15) is 10.8 Å². The molecule has 0 radical (unpaired) electrons. The molecule has 0 aromatic carbocycles. The van der Waals surface area contributed by atoms with Crippen LogP contribution < -0.4 is 5.73 Å². The van der Waals surface area contributed by atoms with E-state index < -0.39 is 0 Å². The highest BCUT2D eigenvalue weighted by atomic mass is 35.5. The highest BCUT2D eigenvalue weighted by Gasteiger charge is 2.21. The van der Waals surface area contributed by atoms with Crippen LogP contribution in [0.2, 0.25) is 5.02 Å². The van der Waals surface area contributed by atoms with E-state index in [9.17, 15) is 0 Å². The number of halogens is 1. The molecular formula is C12H20ClN3. The quantitative estimate of drug-likeness (QED) is 0.764. The molecule has 1 fully saturated rings. The van der Waals surface area contributed by atoms with E-state index in [1.807, 2.05) is 11.6 Å². The second kappa shape index (κ2) is 4.66. The minimum Gasteiger partial charge on any atom is -0.383 e. The monoisotopic (exact) mass is 241 g/mol. The van der Waals surface area contributed by atoms with Gasteiger partial charge in [-0.2, -0.15) is 5.10 Å². The van der Waals surface area contributed by atoms with E-state index in [1.54, 1.807) is 0 Å². The van der Waals surface area contributed by atoms with Gasteiger partial charge in [0.05, 0.1) is 11.7 Å². The van der Waals surface area contributed by atoms with Crippen molar-refractivity contribution in [3.05, 3.63) is 10.7 Å². The summed E-state index contributed by atoms with van der Waals surface area (Å²) in [6, 6.07) is 0.441. The molecule has 90 valence electrons. The topological polar surface area (TPSA) is 43.8 Å². The molecule has 0 aliphatic heterocycles. The van der Waals surface area contributed by atoms with E-state index >= 15 is 0 Å². The van der Waals surface area contributed by atoms with E-state index in [4.69, 9.17) is 17.3 Å². The molecule has 3 nitrogen and oxygen atoms in total. The fourth-order valence-corrected chi connectivity index (χ4v) is 2.66. The van der Waals surface area contributed by atoms with Gasteiger partial charge in [-0.05, 0) is 32.1 Å². The van der Waals surface area contributed by atoms with Crippen molar-refractivity contribution in [3.8, 4) is 0 Å². The number of nitrogens with zero attached hydrogens (tertiary/aromatic N) is 2. The molecule has 0 spiro atoms. The number of rotatable bonds is 1. The van der Waals surface area contributed by atoms with E-state index in [-0.39, 0.29) is 0 Å². The predicted molar refractivity (Wildman–Crippen MR) is 67.7 cm³/mol. The van der Waals surface area contributed by atoms with Crippen LogP contribution in [0.25, 0.3) is 0 Å². The standard InChI is InChI=1S/C12H20ClN3/c1-8-4-3-5-10(7-6-8)16-12(14)11(13)9(2)15-16/h8,10H,3-7,14H2,1-2H3. The van der Waals surface area contributed by atoms with E-state index in [0.717, 1.165) is 11.6 Å². The average molecular weight is 242 g/mol. The number of hydrogen-bond donors (Lipinski definition) is 1. The summed E-state index contributed by atoms with van der Waals surface area (Å²) in [7, 11) is 0. The maximum Gasteiger partial charge on any atom is 0.141 e. The van der Waals surface area contributed by atoms with Gasteiger partial charge >= 0.3 is 0 Å². The number of aryl methyl sites for hydroxylation is 1. The summed E-state index contributed by atoms with van der Waals surface area (Å²) in [6.45, 7) is 4.24. The molecule has 0 bridgehead atoms. The molecule has 1 saturated carbocycles. The number of aromatic nitrogens is 2. The van der Waals surface area contributed by atoms with Crippen molar-refractivity contribution in [1.29, 1.82) is 0 Å². The molecule has 1 heterocycles. The fraction of sp³-hybridized carbons (Fsp3) is 0.750. The Morgan fingerprint density at radius 3 is 2.69 bits per heavy atom. The van der Waals surface area contributed by atoms with Gasteiger partial charge in [0.2, 0.25) is 0 Å². The van der Waals surface area contributed by atoms with Crippen molar-refractivity contribution >= 4 is 17.4 Å². The largest absolute Gasteiger partial charge is 0.383 e. The minimum absolute atomic E-state index is 0.441. The summed E-state index contributed by atoms with van der Waals surface area (Å²) in [5.74, 6) is 1.47. The van der Waals surface area contributed by atoms with Crippen molar-refractivity contribution in [3.63, 3.8) is 0 Å². The summed E-state index contributed by atoms with van der Waals surface area (Å²) in [5.41, 5.74) is 6.83. The third kappa shape index (κ3) is 2.19. The zero-order chi connectivity index (χ0) is 11.7. The maximum absolute atomic E-state index is 6.08. The van der Waals surface area contributed by atoms with Gasteiger partial charge in [-0.1, -0.05) is 31.4 Å². The Balaban J connectivity index is 2.20. The van der Waals surface area contributed by atoms with Crippen LogP contribution in [-0.4, -0.2) is 9.78 Å². The number of anilines is 1. The molecule has 1 aromatic rings. The van der Waals surface area contributed by atoms with Gasteiger partial charge in [0.25, 0.3) is 0 Å².